The van der Waals surface area contributed by atoms with Crippen LogP contribution in [0.3, 0.4) is 0 Å². The Morgan fingerprint density at radius 2 is 1.38 bits per heavy atom. The van der Waals surface area contributed by atoms with E-state index < -0.39 is 35.2 Å². The van der Waals surface area contributed by atoms with Crippen LogP contribution in [-0.2, 0) is 12.4 Å². The Bertz CT molecular complexity index is 1140. The fourth-order valence-electron chi connectivity index (χ4n) is 4.13. The highest BCUT2D eigenvalue weighted by Gasteiger charge is 2.37. The van der Waals surface area contributed by atoms with Gasteiger partial charge in [-0.3, -0.25) is 4.79 Å². The summed E-state index contributed by atoms with van der Waals surface area (Å²) in [6.45, 7) is 3.68. The van der Waals surface area contributed by atoms with Crippen molar-refractivity contribution in [3.8, 4) is 0 Å². The molecule has 4 rings (SSSR count). The molecule has 2 fully saturated rings. The third kappa shape index (κ3) is 6.86. The van der Waals surface area contributed by atoms with E-state index in [0.717, 1.165) is 38.8 Å². The van der Waals surface area contributed by atoms with Gasteiger partial charge in [-0.2, -0.15) is 26.3 Å². The van der Waals surface area contributed by atoms with Crippen LogP contribution in [0.5, 0.6) is 0 Å². The van der Waals surface area contributed by atoms with Crippen LogP contribution in [0, 0.1) is 5.92 Å². The number of carbonyl (C=O) groups is 2. The Balaban J connectivity index is 1.55. The molecule has 1 aliphatic heterocycles. The number of nitrogens with one attached hydrogen (secondary N) is 3. The molecular weight excluding hydrogens is 502 g/mol. The van der Waals surface area contributed by atoms with Crippen LogP contribution in [0.1, 0.15) is 54.1 Å². The summed E-state index contributed by atoms with van der Waals surface area (Å²) >= 11 is 0. The fraction of sp³-hybridized carbons (Fsp3) is 0.440. The van der Waals surface area contributed by atoms with Crippen LogP contribution < -0.4 is 20.9 Å². The monoisotopic (exact) mass is 528 g/mol. The van der Waals surface area contributed by atoms with Gasteiger partial charge in [0, 0.05) is 36.2 Å². The average Bonchev–Trinajstić information content (AvgIpc) is 3.62. The number of hydrogen-bond donors (Lipinski definition) is 3. The van der Waals surface area contributed by atoms with Crippen molar-refractivity contribution < 1.29 is 35.9 Å². The van der Waals surface area contributed by atoms with Gasteiger partial charge in [0.2, 0.25) is 0 Å². The molecule has 2 aliphatic rings. The number of alkyl halides is 6. The van der Waals surface area contributed by atoms with Gasteiger partial charge in [-0.15, -0.1) is 0 Å². The lowest BCUT2D eigenvalue weighted by molar-refractivity contribution is -0.143. The van der Waals surface area contributed by atoms with E-state index in [1.165, 1.54) is 12.1 Å². The maximum Gasteiger partial charge on any atom is 0.416 e. The largest absolute Gasteiger partial charge is 0.416 e. The lowest BCUT2D eigenvalue weighted by atomic mass is 9.98. The molecule has 0 bridgehead atoms. The highest BCUT2D eigenvalue weighted by molar-refractivity contribution is 6.04. The molecule has 2 aromatic rings. The Hall–Kier alpha value is -3.44. The van der Waals surface area contributed by atoms with Crippen LogP contribution in [0.4, 0.5) is 48.2 Å². The van der Waals surface area contributed by atoms with Crippen molar-refractivity contribution in [1.29, 1.82) is 0 Å². The Morgan fingerprint density at radius 3 is 1.92 bits per heavy atom. The van der Waals surface area contributed by atoms with Crippen molar-refractivity contribution in [3.63, 3.8) is 0 Å². The lowest BCUT2D eigenvalue weighted by Crippen LogP contribution is -2.35. The lowest BCUT2D eigenvalue weighted by Gasteiger charge is -2.33. The number of urea groups is 1. The zero-order chi connectivity index (χ0) is 27.0. The average molecular weight is 528 g/mol. The fourth-order valence-corrected chi connectivity index (χ4v) is 4.13. The molecule has 1 saturated carbocycles. The summed E-state index contributed by atoms with van der Waals surface area (Å²) in [6.07, 6.45) is -6.41. The van der Waals surface area contributed by atoms with Crippen LogP contribution in [0.2, 0.25) is 0 Å². The highest BCUT2D eigenvalue weighted by atomic mass is 19.4. The van der Waals surface area contributed by atoms with Crippen molar-refractivity contribution in [2.24, 2.45) is 5.92 Å². The minimum atomic E-state index is -5.04. The third-order valence-electron chi connectivity index (χ3n) is 6.38. The van der Waals surface area contributed by atoms with Gasteiger partial charge in [-0.1, -0.05) is 6.92 Å². The van der Waals surface area contributed by atoms with Gasteiger partial charge in [0.25, 0.3) is 5.91 Å². The summed E-state index contributed by atoms with van der Waals surface area (Å²) in [5, 5.41) is 7.34. The molecule has 3 amide bonds. The Morgan fingerprint density at radius 1 is 0.811 bits per heavy atom. The van der Waals surface area contributed by atoms with Crippen LogP contribution >= 0.6 is 0 Å². The molecule has 3 N–H and O–H groups in total. The second-order valence-electron chi connectivity index (χ2n) is 9.52. The zero-order valence-electron chi connectivity index (χ0n) is 19.9. The summed E-state index contributed by atoms with van der Waals surface area (Å²) in [5.41, 5.74) is -2.57. The Kier molecular flexibility index (Phi) is 7.29. The van der Waals surface area contributed by atoms with Crippen LogP contribution in [0.15, 0.2) is 36.4 Å². The van der Waals surface area contributed by atoms with Crippen LogP contribution in [-0.4, -0.2) is 31.1 Å². The maximum absolute atomic E-state index is 13.1. The molecule has 1 saturated heterocycles. The standard InChI is InChI=1S/C25H26F6N4O2/c1-14-6-8-35(9-7-14)21-5-4-18(13-20(21)22(36)32-17-2-3-17)33-23(37)34-19-11-15(24(26,27)28)10-16(12-19)25(29,30)31/h4-5,10-14,17H,2-3,6-9H2,1H3,(H,32,36)(H2,33,34,37). The van der Waals surface area contributed by atoms with E-state index in [0.29, 0.717) is 29.3 Å². The van der Waals surface area contributed by atoms with Crippen molar-refractivity contribution in [2.75, 3.05) is 28.6 Å². The molecule has 1 heterocycles. The highest BCUT2D eigenvalue weighted by Crippen LogP contribution is 2.37. The second-order valence-corrected chi connectivity index (χ2v) is 9.52. The summed E-state index contributed by atoms with van der Waals surface area (Å²) in [6, 6.07) is 4.53. The smallest absolute Gasteiger partial charge is 0.371 e. The molecule has 1 aliphatic carbocycles. The van der Waals surface area contributed by atoms with Crippen molar-refractivity contribution in [1.82, 2.24) is 5.32 Å². The number of benzene rings is 2. The first-order valence-electron chi connectivity index (χ1n) is 11.9. The number of hydrogen-bond acceptors (Lipinski definition) is 3. The summed E-state index contributed by atoms with van der Waals surface area (Å²) < 4.78 is 78.7. The third-order valence-corrected chi connectivity index (χ3v) is 6.38. The van der Waals surface area contributed by atoms with Gasteiger partial charge in [-0.25, -0.2) is 4.79 Å². The zero-order valence-corrected chi connectivity index (χ0v) is 19.9. The number of anilines is 3. The van der Waals surface area contributed by atoms with E-state index in [4.69, 9.17) is 0 Å². The van der Waals surface area contributed by atoms with E-state index in [1.807, 2.05) is 5.32 Å². The van der Waals surface area contributed by atoms with Crippen molar-refractivity contribution >= 4 is 29.0 Å². The first-order chi connectivity index (χ1) is 17.3. The number of nitrogens with zero attached hydrogens (tertiary/aromatic N) is 1. The van der Waals surface area contributed by atoms with Gasteiger partial charge in [-0.05, 0) is 68.0 Å². The number of halogens is 6. The summed E-state index contributed by atoms with van der Waals surface area (Å²) in [4.78, 5) is 27.5. The molecule has 0 spiro atoms. The predicted molar refractivity (Wildman–Crippen MR) is 127 cm³/mol. The maximum atomic E-state index is 13.1. The number of piperidine rings is 1. The molecule has 12 heteroatoms. The van der Waals surface area contributed by atoms with E-state index in [-0.39, 0.29) is 23.7 Å². The molecule has 200 valence electrons. The SMILES string of the molecule is CC1CCN(c2ccc(NC(=O)Nc3cc(C(F)(F)F)cc(C(F)(F)F)c3)cc2C(=O)NC2CC2)CC1. The first-order valence-corrected chi connectivity index (χ1v) is 11.9. The molecule has 6 nitrogen and oxygen atoms in total. The van der Waals surface area contributed by atoms with Gasteiger partial charge in [0.15, 0.2) is 0 Å². The van der Waals surface area contributed by atoms with Gasteiger partial charge >= 0.3 is 18.4 Å². The molecule has 0 aromatic heterocycles. The molecule has 2 aromatic carbocycles. The molecule has 37 heavy (non-hydrogen) atoms. The molecule has 0 unspecified atom stereocenters. The quantitative estimate of drug-likeness (QED) is 0.388. The summed E-state index contributed by atoms with van der Waals surface area (Å²) in [5.74, 6) is 0.256. The molecular formula is C25H26F6N4O2. The number of amides is 3. The van der Waals surface area contributed by atoms with E-state index in [2.05, 4.69) is 22.5 Å². The molecule has 0 radical (unpaired) electrons. The predicted octanol–water partition coefficient (Wildman–Crippen LogP) is 6.50. The normalized spacial score (nSPS) is 16.9. The van der Waals surface area contributed by atoms with Crippen LogP contribution in [0.25, 0.3) is 0 Å². The van der Waals surface area contributed by atoms with Gasteiger partial charge < -0.3 is 20.9 Å². The van der Waals surface area contributed by atoms with Gasteiger partial charge in [0.1, 0.15) is 0 Å². The Labute approximate surface area is 209 Å². The van der Waals surface area contributed by atoms with Crippen molar-refractivity contribution in [2.45, 2.75) is 51.0 Å². The minimum absolute atomic E-state index is 0.0199. The molecule has 0 atom stereocenters. The number of rotatable bonds is 5. The van der Waals surface area contributed by atoms with E-state index in [1.54, 1.807) is 6.07 Å². The van der Waals surface area contributed by atoms with Crippen molar-refractivity contribution in [3.05, 3.63) is 53.1 Å². The van der Waals surface area contributed by atoms with Gasteiger partial charge in [0.05, 0.1) is 16.7 Å². The second kappa shape index (κ2) is 10.1. The van der Waals surface area contributed by atoms with E-state index >= 15 is 0 Å². The minimum Gasteiger partial charge on any atom is -0.371 e. The first kappa shape index (κ1) is 26.6. The topological polar surface area (TPSA) is 73.5 Å². The van der Waals surface area contributed by atoms with E-state index in [9.17, 15) is 35.9 Å². The number of carbonyl (C=O) groups excluding carboxylic acids is 2. The summed E-state index contributed by atoms with van der Waals surface area (Å²) in [7, 11) is 0.